The zero-order valence-electron chi connectivity index (χ0n) is 18.0. The van der Waals surface area contributed by atoms with Crippen molar-refractivity contribution in [2.75, 3.05) is 30.9 Å². The second-order valence-corrected chi connectivity index (χ2v) is 7.12. The first-order valence-corrected chi connectivity index (χ1v) is 10.1. The van der Waals surface area contributed by atoms with E-state index in [4.69, 9.17) is 15.2 Å². The predicted molar refractivity (Wildman–Crippen MR) is 122 cm³/mol. The third kappa shape index (κ3) is 5.25. The van der Waals surface area contributed by atoms with E-state index in [1.165, 1.54) is 16.6 Å². The van der Waals surface area contributed by atoms with Crippen molar-refractivity contribution in [3.8, 4) is 5.75 Å². The first-order valence-electron chi connectivity index (χ1n) is 10.1. The van der Waals surface area contributed by atoms with Gasteiger partial charge in [-0.15, -0.1) is 0 Å². The normalized spacial score (nSPS) is 11.7. The average molecular weight is 438 g/mol. The molecule has 0 aliphatic rings. The number of nitrogens with zero attached hydrogens (tertiary/aromatic N) is 2. The molecule has 0 fully saturated rings. The Hall–Kier alpha value is -3.85. The molecule has 1 amide bonds. The third-order valence-electron chi connectivity index (χ3n) is 4.86. The van der Waals surface area contributed by atoms with Gasteiger partial charge in [-0.25, -0.2) is 4.79 Å². The first kappa shape index (κ1) is 22.8. The van der Waals surface area contributed by atoms with Crippen molar-refractivity contribution in [1.29, 1.82) is 0 Å². The van der Waals surface area contributed by atoms with Crippen LogP contribution in [-0.4, -0.2) is 41.8 Å². The second kappa shape index (κ2) is 10.5. The number of para-hydroxylation sites is 1. The van der Waals surface area contributed by atoms with E-state index in [0.717, 1.165) is 5.56 Å². The van der Waals surface area contributed by atoms with Crippen LogP contribution < -0.4 is 26.6 Å². The minimum absolute atomic E-state index is 0.0502. The molecule has 0 aliphatic carbocycles. The van der Waals surface area contributed by atoms with Gasteiger partial charge >= 0.3 is 5.69 Å². The van der Waals surface area contributed by atoms with Crippen LogP contribution in [0.3, 0.4) is 0 Å². The topological polar surface area (TPSA) is 120 Å². The van der Waals surface area contributed by atoms with Crippen LogP contribution in [0, 0.1) is 0 Å². The molecule has 3 N–H and O–H groups in total. The van der Waals surface area contributed by atoms with E-state index in [2.05, 4.69) is 4.98 Å². The summed E-state index contributed by atoms with van der Waals surface area (Å²) < 4.78 is 12.1. The van der Waals surface area contributed by atoms with Gasteiger partial charge in [-0.1, -0.05) is 48.5 Å². The van der Waals surface area contributed by atoms with Crippen LogP contribution in [0.2, 0.25) is 0 Å². The Bertz CT molecular complexity index is 1160. The van der Waals surface area contributed by atoms with Gasteiger partial charge in [-0.3, -0.25) is 24.0 Å². The van der Waals surface area contributed by atoms with E-state index in [1.807, 2.05) is 36.4 Å². The average Bonchev–Trinajstić information content (AvgIpc) is 2.79. The second-order valence-electron chi connectivity index (χ2n) is 7.12. The predicted octanol–water partition coefficient (Wildman–Crippen LogP) is 1.61. The number of carbonyl (C=O) groups is 1. The van der Waals surface area contributed by atoms with E-state index in [0.29, 0.717) is 5.75 Å². The van der Waals surface area contributed by atoms with E-state index in [9.17, 15) is 14.4 Å². The standard InChI is InChI=1S/C23H26N4O5/c1-16(32-18-11-7-4-8-12-18)22(29)26(13-14-31-2)19-20(24)27(23(30)25-21(19)28)15-17-9-5-3-6-10-17/h3-12,16H,13-15,24H2,1-2H3,(H,25,28,30). The first-order chi connectivity index (χ1) is 15.4. The Morgan fingerprint density at radius 3 is 2.34 bits per heavy atom. The maximum Gasteiger partial charge on any atom is 0.330 e. The number of amides is 1. The Labute approximate surface area is 185 Å². The molecule has 0 bridgehead atoms. The molecule has 0 saturated heterocycles. The van der Waals surface area contributed by atoms with Crippen molar-refractivity contribution in [2.24, 2.45) is 0 Å². The summed E-state index contributed by atoms with van der Waals surface area (Å²) >= 11 is 0. The fourth-order valence-corrected chi connectivity index (χ4v) is 3.25. The summed E-state index contributed by atoms with van der Waals surface area (Å²) in [6.07, 6.45) is -0.914. The SMILES string of the molecule is COCCN(C(=O)C(C)Oc1ccccc1)c1c(N)n(Cc2ccccc2)c(=O)[nH]c1=O. The third-order valence-corrected chi connectivity index (χ3v) is 4.86. The lowest BCUT2D eigenvalue weighted by Gasteiger charge is -2.27. The van der Waals surface area contributed by atoms with Gasteiger partial charge in [0, 0.05) is 13.7 Å². The number of carbonyl (C=O) groups excluding carboxylic acids is 1. The van der Waals surface area contributed by atoms with Gasteiger partial charge in [-0.2, -0.15) is 0 Å². The summed E-state index contributed by atoms with van der Waals surface area (Å²) in [7, 11) is 1.48. The van der Waals surface area contributed by atoms with Gasteiger partial charge in [0.05, 0.1) is 13.2 Å². The summed E-state index contributed by atoms with van der Waals surface area (Å²) in [6.45, 7) is 1.92. The number of aromatic nitrogens is 2. The molecule has 3 rings (SSSR count). The molecule has 168 valence electrons. The van der Waals surface area contributed by atoms with Gasteiger partial charge in [0.15, 0.2) is 11.8 Å². The molecule has 9 heteroatoms. The van der Waals surface area contributed by atoms with Crippen molar-refractivity contribution in [1.82, 2.24) is 9.55 Å². The maximum atomic E-state index is 13.3. The quantitative estimate of drug-likeness (QED) is 0.524. The summed E-state index contributed by atoms with van der Waals surface area (Å²) in [5.74, 6) is -0.0945. The molecule has 2 aromatic carbocycles. The minimum Gasteiger partial charge on any atom is -0.481 e. The number of nitrogens with two attached hydrogens (primary N) is 1. The highest BCUT2D eigenvalue weighted by Crippen LogP contribution is 2.20. The van der Waals surface area contributed by atoms with Gasteiger partial charge in [0.25, 0.3) is 11.5 Å². The van der Waals surface area contributed by atoms with Gasteiger partial charge in [0.1, 0.15) is 11.6 Å². The van der Waals surface area contributed by atoms with E-state index >= 15 is 0 Å². The van der Waals surface area contributed by atoms with Crippen molar-refractivity contribution < 1.29 is 14.3 Å². The summed E-state index contributed by atoms with van der Waals surface area (Å²) in [5, 5.41) is 0. The molecule has 9 nitrogen and oxygen atoms in total. The number of aromatic amines is 1. The number of hydrogen-bond donors (Lipinski definition) is 2. The lowest BCUT2D eigenvalue weighted by Crippen LogP contribution is -2.47. The summed E-state index contributed by atoms with van der Waals surface area (Å²) in [4.78, 5) is 41.9. The Kier molecular flexibility index (Phi) is 7.45. The number of ether oxygens (including phenoxy) is 2. The Morgan fingerprint density at radius 1 is 1.09 bits per heavy atom. The molecule has 0 aliphatic heterocycles. The van der Waals surface area contributed by atoms with E-state index in [-0.39, 0.29) is 31.2 Å². The largest absolute Gasteiger partial charge is 0.481 e. The molecule has 32 heavy (non-hydrogen) atoms. The van der Waals surface area contributed by atoms with Crippen LogP contribution in [0.25, 0.3) is 0 Å². The number of nitrogens with one attached hydrogen (secondary N) is 1. The van der Waals surface area contributed by atoms with Crippen LogP contribution in [-0.2, 0) is 16.1 Å². The van der Waals surface area contributed by atoms with Crippen LogP contribution in [0.1, 0.15) is 12.5 Å². The van der Waals surface area contributed by atoms with Crippen LogP contribution in [0.4, 0.5) is 11.5 Å². The van der Waals surface area contributed by atoms with E-state index < -0.39 is 23.3 Å². The van der Waals surface area contributed by atoms with Crippen LogP contribution >= 0.6 is 0 Å². The molecule has 1 unspecified atom stereocenters. The highest BCUT2D eigenvalue weighted by molar-refractivity contribution is 5.98. The highest BCUT2D eigenvalue weighted by atomic mass is 16.5. The number of nitrogen functional groups attached to an aromatic ring is 1. The highest BCUT2D eigenvalue weighted by Gasteiger charge is 2.28. The minimum atomic E-state index is -0.914. The van der Waals surface area contributed by atoms with Gasteiger partial charge in [-0.05, 0) is 24.6 Å². The lowest BCUT2D eigenvalue weighted by atomic mass is 10.2. The fraction of sp³-hybridized carbons (Fsp3) is 0.261. The molecular formula is C23H26N4O5. The van der Waals surface area contributed by atoms with Crippen LogP contribution in [0.15, 0.2) is 70.3 Å². The van der Waals surface area contributed by atoms with Gasteiger partial charge in [0.2, 0.25) is 0 Å². The van der Waals surface area contributed by atoms with Crippen molar-refractivity contribution in [2.45, 2.75) is 19.6 Å². The molecule has 1 heterocycles. The smallest absolute Gasteiger partial charge is 0.330 e. The molecule has 1 aromatic heterocycles. The molecular weight excluding hydrogens is 412 g/mol. The Morgan fingerprint density at radius 2 is 1.72 bits per heavy atom. The van der Waals surface area contributed by atoms with Crippen molar-refractivity contribution in [3.63, 3.8) is 0 Å². The van der Waals surface area contributed by atoms with Crippen molar-refractivity contribution in [3.05, 3.63) is 87.1 Å². The van der Waals surface area contributed by atoms with Gasteiger partial charge < -0.3 is 15.2 Å². The molecule has 0 spiro atoms. The molecule has 0 radical (unpaired) electrons. The zero-order valence-corrected chi connectivity index (χ0v) is 18.0. The molecule has 1 atom stereocenters. The van der Waals surface area contributed by atoms with Crippen molar-refractivity contribution >= 4 is 17.4 Å². The number of H-pyrrole nitrogens is 1. The number of methoxy groups -OCH3 is 1. The lowest BCUT2D eigenvalue weighted by molar-refractivity contribution is -0.124. The zero-order chi connectivity index (χ0) is 23.1. The maximum absolute atomic E-state index is 13.3. The number of hydrogen-bond acceptors (Lipinski definition) is 6. The number of anilines is 2. The number of rotatable bonds is 9. The number of benzene rings is 2. The summed E-state index contributed by atoms with van der Waals surface area (Å²) in [5.41, 5.74) is 5.54. The fourth-order valence-electron chi connectivity index (χ4n) is 3.25. The molecule has 0 saturated carbocycles. The summed E-state index contributed by atoms with van der Waals surface area (Å²) in [6, 6.07) is 18.1. The Balaban J connectivity index is 1.99. The van der Waals surface area contributed by atoms with E-state index in [1.54, 1.807) is 31.2 Å². The molecule has 3 aromatic rings. The van der Waals surface area contributed by atoms with Crippen LogP contribution in [0.5, 0.6) is 5.75 Å². The monoisotopic (exact) mass is 438 g/mol.